The zero-order chi connectivity index (χ0) is 17.5. The molecule has 1 amide bonds. The molecule has 0 radical (unpaired) electrons. The van der Waals surface area contributed by atoms with Crippen LogP contribution in [0.5, 0.6) is 5.75 Å². The average molecular weight is 331 g/mol. The summed E-state index contributed by atoms with van der Waals surface area (Å²) in [5.41, 5.74) is 0.931. The SMILES string of the molecule is CCOc1ccc(CC(=O)NC(CC(C)C)c2nnc(C)o2)cc1. The largest absolute Gasteiger partial charge is 0.494 e. The topological polar surface area (TPSA) is 77.2 Å². The van der Waals surface area contributed by atoms with E-state index < -0.39 is 0 Å². The maximum atomic E-state index is 12.4. The summed E-state index contributed by atoms with van der Waals surface area (Å²) in [4.78, 5) is 12.4. The first-order valence-electron chi connectivity index (χ1n) is 8.29. The van der Waals surface area contributed by atoms with E-state index in [0.29, 0.717) is 30.7 Å². The number of aryl methyl sites for hydroxylation is 1. The highest BCUT2D eigenvalue weighted by Gasteiger charge is 2.21. The van der Waals surface area contributed by atoms with Crippen molar-refractivity contribution in [3.63, 3.8) is 0 Å². The summed E-state index contributed by atoms with van der Waals surface area (Å²) in [6, 6.07) is 7.29. The smallest absolute Gasteiger partial charge is 0.238 e. The van der Waals surface area contributed by atoms with E-state index in [1.165, 1.54) is 0 Å². The Bertz CT molecular complexity index is 650. The Balaban J connectivity index is 1.99. The molecule has 1 atom stereocenters. The summed E-state index contributed by atoms with van der Waals surface area (Å²) >= 11 is 0. The Morgan fingerprint density at radius 3 is 2.50 bits per heavy atom. The van der Waals surface area contributed by atoms with E-state index in [2.05, 4.69) is 29.4 Å². The van der Waals surface area contributed by atoms with Crippen LogP contribution in [0.2, 0.25) is 0 Å². The van der Waals surface area contributed by atoms with Crippen LogP contribution in [0, 0.1) is 12.8 Å². The summed E-state index contributed by atoms with van der Waals surface area (Å²) in [5, 5.41) is 10.9. The minimum Gasteiger partial charge on any atom is -0.494 e. The summed E-state index contributed by atoms with van der Waals surface area (Å²) in [6.45, 7) is 8.49. The van der Waals surface area contributed by atoms with Gasteiger partial charge in [-0.1, -0.05) is 26.0 Å². The Morgan fingerprint density at radius 2 is 1.96 bits per heavy atom. The molecule has 1 aromatic heterocycles. The van der Waals surface area contributed by atoms with Crippen molar-refractivity contribution >= 4 is 5.91 Å². The van der Waals surface area contributed by atoms with E-state index in [1.807, 2.05) is 31.2 Å². The Hall–Kier alpha value is -2.37. The molecule has 2 rings (SSSR count). The number of amides is 1. The van der Waals surface area contributed by atoms with Crippen molar-refractivity contribution < 1.29 is 13.9 Å². The second-order valence-corrected chi connectivity index (χ2v) is 6.16. The number of hydrogen-bond acceptors (Lipinski definition) is 5. The van der Waals surface area contributed by atoms with Crippen LogP contribution in [-0.4, -0.2) is 22.7 Å². The zero-order valence-electron chi connectivity index (χ0n) is 14.7. The van der Waals surface area contributed by atoms with Gasteiger partial charge in [0, 0.05) is 6.92 Å². The molecule has 130 valence electrons. The lowest BCUT2D eigenvalue weighted by Crippen LogP contribution is -2.31. The highest BCUT2D eigenvalue weighted by atomic mass is 16.5. The van der Waals surface area contributed by atoms with Crippen molar-refractivity contribution in [3.05, 3.63) is 41.6 Å². The first kappa shape index (κ1) is 18.0. The van der Waals surface area contributed by atoms with Gasteiger partial charge >= 0.3 is 0 Å². The number of aromatic nitrogens is 2. The number of hydrogen-bond donors (Lipinski definition) is 1. The second-order valence-electron chi connectivity index (χ2n) is 6.16. The van der Waals surface area contributed by atoms with Crippen LogP contribution in [0.4, 0.5) is 0 Å². The van der Waals surface area contributed by atoms with Crippen molar-refractivity contribution in [1.82, 2.24) is 15.5 Å². The second kappa shape index (κ2) is 8.47. The molecule has 1 heterocycles. The van der Waals surface area contributed by atoms with Crippen molar-refractivity contribution in [3.8, 4) is 5.75 Å². The minimum absolute atomic E-state index is 0.0688. The van der Waals surface area contributed by atoms with Gasteiger partial charge in [0.25, 0.3) is 0 Å². The number of benzene rings is 1. The lowest BCUT2D eigenvalue weighted by Gasteiger charge is -2.17. The molecule has 1 aromatic carbocycles. The van der Waals surface area contributed by atoms with E-state index in [0.717, 1.165) is 17.7 Å². The van der Waals surface area contributed by atoms with E-state index in [9.17, 15) is 4.79 Å². The number of rotatable bonds is 8. The summed E-state index contributed by atoms with van der Waals surface area (Å²) in [7, 11) is 0. The number of carbonyl (C=O) groups is 1. The molecule has 1 unspecified atom stereocenters. The molecule has 6 nitrogen and oxygen atoms in total. The normalized spacial score (nSPS) is 12.2. The summed E-state index contributed by atoms with van der Waals surface area (Å²) < 4.78 is 10.9. The average Bonchev–Trinajstić information content (AvgIpc) is 2.95. The van der Waals surface area contributed by atoms with Gasteiger partial charge < -0.3 is 14.5 Å². The Labute approximate surface area is 142 Å². The first-order chi connectivity index (χ1) is 11.5. The third-order valence-corrected chi connectivity index (χ3v) is 3.48. The third-order valence-electron chi connectivity index (χ3n) is 3.48. The molecule has 6 heteroatoms. The van der Waals surface area contributed by atoms with Gasteiger partial charge in [0.15, 0.2) is 0 Å². The van der Waals surface area contributed by atoms with Crippen LogP contribution >= 0.6 is 0 Å². The standard InChI is InChI=1S/C18H25N3O3/c1-5-23-15-8-6-14(7-9-15)11-17(22)19-16(10-12(2)3)18-21-20-13(4)24-18/h6-9,12,16H,5,10-11H2,1-4H3,(H,19,22). The van der Waals surface area contributed by atoms with Crippen LogP contribution < -0.4 is 10.1 Å². The maximum absolute atomic E-state index is 12.4. The molecular weight excluding hydrogens is 306 g/mol. The van der Waals surface area contributed by atoms with E-state index in [-0.39, 0.29) is 11.9 Å². The molecule has 0 bridgehead atoms. The van der Waals surface area contributed by atoms with Gasteiger partial charge in [0.05, 0.1) is 13.0 Å². The molecule has 0 spiro atoms. The van der Waals surface area contributed by atoms with Crippen molar-refractivity contribution in [1.29, 1.82) is 0 Å². The van der Waals surface area contributed by atoms with E-state index in [1.54, 1.807) is 6.92 Å². The third kappa shape index (κ3) is 5.37. The fraction of sp³-hybridized carbons (Fsp3) is 0.500. The fourth-order valence-electron chi connectivity index (χ4n) is 2.45. The first-order valence-corrected chi connectivity index (χ1v) is 8.29. The lowest BCUT2D eigenvalue weighted by atomic mass is 10.0. The molecular formula is C18H25N3O3. The zero-order valence-corrected chi connectivity index (χ0v) is 14.7. The number of carbonyl (C=O) groups excluding carboxylic acids is 1. The monoisotopic (exact) mass is 331 g/mol. The molecule has 0 fully saturated rings. The molecule has 0 saturated heterocycles. The molecule has 1 N–H and O–H groups in total. The van der Waals surface area contributed by atoms with Crippen LogP contribution in [-0.2, 0) is 11.2 Å². The Morgan fingerprint density at radius 1 is 1.25 bits per heavy atom. The molecule has 2 aromatic rings. The van der Waals surface area contributed by atoms with Gasteiger partial charge in [-0.3, -0.25) is 4.79 Å². The molecule has 0 saturated carbocycles. The lowest BCUT2D eigenvalue weighted by molar-refractivity contribution is -0.121. The highest BCUT2D eigenvalue weighted by Crippen LogP contribution is 2.20. The molecule has 0 aliphatic heterocycles. The van der Waals surface area contributed by atoms with Gasteiger partial charge in [-0.25, -0.2) is 0 Å². The summed E-state index contributed by atoms with van der Waals surface area (Å²) in [6.07, 6.45) is 1.05. The van der Waals surface area contributed by atoms with Gasteiger partial charge in [0.2, 0.25) is 17.7 Å². The Kier molecular flexibility index (Phi) is 6.35. The van der Waals surface area contributed by atoms with Crippen molar-refractivity contribution in [2.45, 2.75) is 46.6 Å². The predicted molar refractivity (Wildman–Crippen MR) is 90.7 cm³/mol. The minimum atomic E-state index is -0.263. The van der Waals surface area contributed by atoms with Gasteiger partial charge in [-0.05, 0) is 37.0 Å². The number of ether oxygens (including phenoxy) is 1. The molecule has 0 aliphatic carbocycles. The highest BCUT2D eigenvalue weighted by molar-refractivity contribution is 5.78. The van der Waals surface area contributed by atoms with Gasteiger partial charge in [-0.2, -0.15) is 0 Å². The van der Waals surface area contributed by atoms with Crippen molar-refractivity contribution in [2.24, 2.45) is 5.92 Å². The van der Waals surface area contributed by atoms with Crippen LogP contribution in [0.1, 0.15) is 50.6 Å². The van der Waals surface area contributed by atoms with Crippen molar-refractivity contribution in [2.75, 3.05) is 6.61 Å². The molecule has 0 aliphatic rings. The van der Waals surface area contributed by atoms with Gasteiger partial charge in [-0.15, -0.1) is 10.2 Å². The quantitative estimate of drug-likeness (QED) is 0.803. The van der Waals surface area contributed by atoms with Crippen LogP contribution in [0.15, 0.2) is 28.7 Å². The predicted octanol–water partition coefficient (Wildman–Crippen LogP) is 3.22. The van der Waals surface area contributed by atoms with E-state index in [4.69, 9.17) is 9.15 Å². The number of nitrogens with one attached hydrogen (secondary N) is 1. The fourth-order valence-corrected chi connectivity index (χ4v) is 2.45. The molecule has 24 heavy (non-hydrogen) atoms. The van der Waals surface area contributed by atoms with Gasteiger partial charge in [0.1, 0.15) is 11.8 Å². The number of nitrogens with zero attached hydrogens (tertiary/aromatic N) is 2. The summed E-state index contributed by atoms with van der Waals surface area (Å²) in [5.74, 6) is 2.09. The van der Waals surface area contributed by atoms with Crippen LogP contribution in [0.25, 0.3) is 0 Å². The van der Waals surface area contributed by atoms with Crippen LogP contribution in [0.3, 0.4) is 0 Å². The van der Waals surface area contributed by atoms with E-state index >= 15 is 0 Å². The maximum Gasteiger partial charge on any atom is 0.238 e.